The molecule has 1 fully saturated rings. The Morgan fingerprint density at radius 2 is 2.17 bits per heavy atom. The number of likely N-dealkylation sites (tertiary alicyclic amines) is 1. The molecule has 1 aliphatic rings. The molecule has 5 heteroatoms. The van der Waals surface area contributed by atoms with E-state index in [9.17, 15) is 9.59 Å². The third kappa shape index (κ3) is 2.20. The van der Waals surface area contributed by atoms with Gasteiger partial charge in [0.25, 0.3) is 5.91 Å². The molecule has 96 valence electrons. The third-order valence-electron chi connectivity index (χ3n) is 3.38. The van der Waals surface area contributed by atoms with Crippen LogP contribution < -0.4 is 0 Å². The molecule has 1 aliphatic heterocycles. The van der Waals surface area contributed by atoms with E-state index in [-0.39, 0.29) is 12.5 Å². The molecule has 1 unspecified atom stereocenters. The number of aryl methyl sites for hydroxylation is 1. The molecule has 0 spiro atoms. The fourth-order valence-electron chi connectivity index (χ4n) is 2.13. The summed E-state index contributed by atoms with van der Waals surface area (Å²) in [6, 6.07) is 5.26. The van der Waals surface area contributed by atoms with Crippen LogP contribution in [0.2, 0.25) is 0 Å². The molecular formula is C13H16N2O3. The average molecular weight is 248 g/mol. The molecule has 0 bridgehead atoms. The van der Waals surface area contributed by atoms with E-state index in [2.05, 4.69) is 4.98 Å². The molecular weight excluding hydrogens is 232 g/mol. The fourth-order valence-corrected chi connectivity index (χ4v) is 2.13. The zero-order chi connectivity index (χ0) is 13.3. The first-order chi connectivity index (χ1) is 8.42. The minimum atomic E-state index is -0.852. The maximum atomic E-state index is 12.2. The Labute approximate surface area is 105 Å². The number of aliphatic carboxylic acids is 1. The van der Waals surface area contributed by atoms with Gasteiger partial charge in [0.1, 0.15) is 5.69 Å². The summed E-state index contributed by atoms with van der Waals surface area (Å²) in [5.74, 6) is -1.04. The molecule has 1 saturated heterocycles. The Bertz CT molecular complexity index is 501. The number of rotatable bonds is 2. The van der Waals surface area contributed by atoms with Crippen molar-refractivity contribution in [1.29, 1.82) is 0 Å². The summed E-state index contributed by atoms with van der Waals surface area (Å²) in [6.07, 6.45) is 0.486. The van der Waals surface area contributed by atoms with Crippen molar-refractivity contribution in [3.05, 3.63) is 29.6 Å². The maximum absolute atomic E-state index is 12.2. The first-order valence-corrected chi connectivity index (χ1v) is 5.89. The number of carbonyl (C=O) groups excluding carboxylic acids is 1. The molecule has 18 heavy (non-hydrogen) atoms. The van der Waals surface area contributed by atoms with Crippen molar-refractivity contribution < 1.29 is 14.7 Å². The normalized spacial score (nSPS) is 23.1. The number of nitrogens with zero attached hydrogens (tertiary/aromatic N) is 2. The average Bonchev–Trinajstić information content (AvgIpc) is 2.72. The van der Waals surface area contributed by atoms with Crippen molar-refractivity contribution in [1.82, 2.24) is 9.88 Å². The first kappa shape index (κ1) is 12.5. The van der Waals surface area contributed by atoms with E-state index in [0.717, 1.165) is 5.69 Å². The summed E-state index contributed by atoms with van der Waals surface area (Å²) in [6.45, 7) is 4.21. The number of carbonyl (C=O) groups is 2. The van der Waals surface area contributed by atoms with Crippen LogP contribution in [-0.4, -0.2) is 40.0 Å². The van der Waals surface area contributed by atoms with Crippen molar-refractivity contribution >= 4 is 11.9 Å². The lowest BCUT2D eigenvalue weighted by Gasteiger charge is -2.19. The van der Waals surface area contributed by atoms with Crippen molar-refractivity contribution in [3.8, 4) is 0 Å². The summed E-state index contributed by atoms with van der Waals surface area (Å²) in [5.41, 5.74) is 0.324. The number of amides is 1. The standard InChI is InChI=1S/C13H16N2O3/c1-9-4-3-5-10(14-9)11(16)15-7-6-13(2,8-15)12(17)18/h3-5H,6-8H2,1-2H3,(H,17,18). The lowest BCUT2D eigenvalue weighted by atomic mass is 9.90. The molecule has 0 aromatic carbocycles. The van der Waals surface area contributed by atoms with Crippen LogP contribution in [0.25, 0.3) is 0 Å². The highest BCUT2D eigenvalue weighted by atomic mass is 16.4. The smallest absolute Gasteiger partial charge is 0.311 e. The predicted molar refractivity (Wildman–Crippen MR) is 65.2 cm³/mol. The van der Waals surface area contributed by atoms with Gasteiger partial charge in [-0.2, -0.15) is 0 Å². The summed E-state index contributed by atoms with van der Waals surface area (Å²) < 4.78 is 0. The fraction of sp³-hybridized carbons (Fsp3) is 0.462. The van der Waals surface area contributed by atoms with E-state index in [4.69, 9.17) is 5.11 Å². The minimum Gasteiger partial charge on any atom is -0.481 e. The molecule has 2 heterocycles. The van der Waals surface area contributed by atoms with Crippen molar-refractivity contribution in [2.24, 2.45) is 5.41 Å². The number of carboxylic acid groups (broad SMARTS) is 1. The second-order valence-electron chi connectivity index (χ2n) is 5.01. The number of pyridine rings is 1. The van der Waals surface area contributed by atoms with E-state index in [1.165, 1.54) is 0 Å². The number of hydrogen-bond donors (Lipinski definition) is 1. The monoisotopic (exact) mass is 248 g/mol. The van der Waals surface area contributed by atoms with Gasteiger partial charge in [-0.1, -0.05) is 6.07 Å². The highest BCUT2D eigenvalue weighted by Gasteiger charge is 2.42. The van der Waals surface area contributed by atoms with E-state index in [0.29, 0.717) is 18.7 Å². The third-order valence-corrected chi connectivity index (χ3v) is 3.38. The van der Waals surface area contributed by atoms with Crippen LogP contribution >= 0.6 is 0 Å². The molecule has 0 radical (unpaired) electrons. The van der Waals surface area contributed by atoms with Crippen molar-refractivity contribution in [2.45, 2.75) is 20.3 Å². The Hall–Kier alpha value is -1.91. The second-order valence-corrected chi connectivity index (χ2v) is 5.01. The van der Waals surface area contributed by atoms with Crippen LogP contribution in [0, 0.1) is 12.3 Å². The van der Waals surface area contributed by atoms with E-state index < -0.39 is 11.4 Å². The van der Waals surface area contributed by atoms with Crippen molar-refractivity contribution in [2.75, 3.05) is 13.1 Å². The van der Waals surface area contributed by atoms with Gasteiger partial charge in [0.15, 0.2) is 0 Å². The predicted octanol–water partition coefficient (Wildman–Crippen LogP) is 1.33. The van der Waals surface area contributed by atoms with Crippen LogP contribution in [0.3, 0.4) is 0 Å². The molecule has 1 amide bonds. The van der Waals surface area contributed by atoms with Crippen molar-refractivity contribution in [3.63, 3.8) is 0 Å². The molecule has 5 nitrogen and oxygen atoms in total. The summed E-state index contributed by atoms with van der Waals surface area (Å²) in [4.78, 5) is 29.0. The molecule has 1 N–H and O–H groups in total. The molecule has 0 aliphatic carbocycles. The van der Waals surface area contributed by atoms with Crippen LogP contribution in [-0.2, 0) is 4.79 Å². The Kier molecular flexibility index (Phi) is 3.07. The Morgan fingerprint density at radius 3 is 2.72 bits per heavy atom. The SMILES string of the molecule is Cc1cccc(C(=O)N2CCC(C)(C(=O)O)C2)n1. The first-order valence-electron chi connectivity index (χ1n) is 5.89. The zero-order valence-electron chi connectivity index (χ0n) is 10.5. The summed E-state index contributed by atoms with van der Waals surface area (Å²) >= 11 is 0. The Balaban J connectivity index is 2.15. The number of aromatic nitrogens is 1. The number of hydrogen-bond acceptors (Lipinski definition) is 3. The van der Waals surface area contributed by atoms with Gasteiger partial charge in [-0.15, -0.1) is 0 Å². The van der Waals surface area contributed by atoms with Gasteiger partial charge in [0.05, 0.1) is 5.41 Å². The highest BCUT2D eigenvalue weighted by Crippen LogP contribution is 2.30. The van der Waals surface area contributed by atoms with E-state index in [1.54, 1.807) is 24.0 Å². The second kappa shape index (κ2) is 4.40. The number of carboxylic acids is 1. The lowest BCUT2D eigenvalue weighted by molar-refractivity contribution is -0.147. The van der Waals surface area contributed by atoms with Gasteiger partial charge in [-0.25, -0.2) is 4.98 Å². The summed E-state index contributed by atoms with van der Waals surface area (Å²) in [5, 5.41) is 9.13. The van der Waals surface area contributed by atoms with Gasteiger partial charge in [0, 0.05) is 18.8 Å². The van der Waals surface area contributed by atoms with Gasteiger partial charge in [-0.3, -0.25) is 9.59 Å². The van der Waals surface area contributed by atoms with Crippen LogP contribution in [0.15, 0.2) is 18.2 Å². The van der Waals surface area contributed by atoms with Crippen LogP contribution in [0.5, 0.6) is 0 Å². The van der Waals surface area contributed by atoms with E-state index >= 15 is 0 Å². The molecule has 1 atom stereocenters. The van der Waals surface area contributed by atoms with E-state index in [1.807, 2.05) is 13.0 Å². The maximum Gasteiger partial charge on any atom is 0.311 e. The molecule has 1 aromatic heterocycles. The van der Waals surface area contributed by atoms with Gasteiger partial charge in [-0.05, 0) is 32.4 Å². The molecule has 2 rings (SSSR count). The molecule has 0 saturated carbocycles. The topological polar surface area (TPSA) is 70.5 Å². The lowest BCUT2D eigenvalue weighted by Crippen LogP contribution is -2.35. The Morgan fingerprint density at radius 1 is 1.44 bits per heavy atom. The quantitative estimate of drug-likeness (QED) is 0.857. The van der Waals surface area contributed by atoms with Crippen LogP contribution in [0.4, 0.5) is 0 Å². The zero-order valence-corrected chi connectivity index (χ0v) is 10.5. The molecule has 1 aromatic rings. The van der Waals surface area contributed by atoms with Gasteiger partial charge in [0.2, 0.25) is 0 Å². The summed E-state index contributed by atoms with van der Waals surface area (Å²) in [7, 11) is 0. The van der Waals surface area contributed by atoms with Crippen LogP contribution in [0.1, 0.15) is 29.5 Å². The minimum absolute atomic E-state index is 0.191. The largest absolute Gasteiger partial charge is 0.481 e. The van der Waals surface area contributed by atoms with Gasteiger partial charge >= 0.3 is 5.97 Å². The van der Waals surface area contributed by atoms with Gasteiger partial charge < -0.3 is 10.0 Å². The highest BCUT2D eigenvalue weighted by molar-refractivity contribution is 5.93.